The van der Waals surface area contributed by atoms with Gasteiger partial charge in [0.15, 0.2) is 40.3 Å². The van der Waals surface area contributed by atoms with Gasteiger partial charge in [-0.3, -0.25) is 0 Å². The first kappa shape index (κ1) is 27.8. The van der Waals surface area contributed by atoms with Gasteiger partial charge >= 0.3 is 5.97 Å². The van der Waals surface area contributed by atoms with Gasteiger partial charge < -0.3 is 14.9 Å². The van der Waals surface area contributed by atoms with E-state index in [-0.39, 0.29) is 5.56 Å². The van der Waals surface area contributed by atoms with E-state index < -0.39 is 5.97 Å². The van der Waals surface area contributed by atoms with E-state index in [9.17, 15) is 9.90 Å². The van der Waals surface area contributed by atoms with Crippen molar-refractivity contribution in [1.82, 2.24) is 39.6 Å². The highest BCUT2D eigenvalue weighted by Crippen LogP contribution is 2.38. The number of fused-ring (bicyclic) bond motifs is 20. The van der Waals surface area contributed by atoms with Crippen molar-refractivity contribution in [3.05, 3.63) is 127 Å². The molecule has 5 heterocycles. The molecule has 5 aromatic carbocycles. The molecule has 0 amide bonds. The number of nitrogens with one attached hydrogen (secondary N) is 1. The summed E-state index contributed by atoms with van der Waals surface area (Å²) in [6.45, 7) is 0. The molecule has 0 saturated heterocycles. The number of para-hydroxylation sites is 1. The molecule has 8 aromatic rings. The van der Waals surface area contributed by atoms with Gasteiger partial charge in [-0.15, -0.1) is 4.73 Å². The van der Waals surface area contributed by atoms with Crippen molar-refractivity contribution >= 4 is 50.1 Å². The highest BCUT2D eigenvalue weighted by atomic mass is 16.7. The predicted octanol–water partition coefficient (Wildman–Crippen LogP) is 7.88. The van der Waals surface area contributed by atoms with Gasteiger partial charge in [-0.05, 0) is 18.2 Å². The normalized spacial score (nSPS) is 11.8. The lowest BCUT2D eigenvalue weighted by molar-refractivity contribution is 0.0699. The van der Waals surface area contributed by atoms with Crippen molar-refractivity contribution in [1.29, 1.82) is 0 Å². The number of rotatable bonds is 3. The maximum atomic E-state index is 12.5. The number of hydrogen-bond donors (Lipinski definition) is 2. The van der Waals surface area contributed by atoms with Gasteiger partial charge in [0.2, 0.25) is 0 Å². The van der Waals surface area contributed by atoms with Crippen molar-refractivity contribution < 1.29 is 14.7 Å². The number of aromatic nitrogens is 8. The molecular weight excluding hydrogens is 628 g/mol. The minimum atomic E-state index is -1.08. The summed E-state index contributed by atoms with van der Waals surface area (Å²) in [5.74, 6) is 1.14. The first-order chi connectivity index (χ1) is 24.6. The summed E-state index contributed by atoms with van der Waals surface area (Å²) < 4.78 is 1.62. The van der Waals surface area contributed by atoms with Crippen LogP contribution in [0, 0.1) is 0 Å². The molecule has 0 radical (unpaired) electrons. The zero-order chi connectivity index (χ0) is 33.3. The molecule has 10 rings (SSSR count). The van der Waals surface area contributed by atoms with Crippen LogP contribution in [0.15, 0.2) is 121 Å². The molecule has 0 saturated carbocycles. The van der Waals surface area contributed by atoms with E-state index in [1.165, 1.54) is 0 Å². The lowest BCUT2D eigenvalue weighted by atomic mass is 10.1. The van der Waals surface area contributed by atoms with E-state index in [0.717, 1.165) is 33.0 Å². The first-order valence-electron chi connectivity index (χ1n) is 15.8. The summed E-state index contributed by atoms with van der Waals surface area (Å²) in [7, 11) is 0. The Hall–Kier alpha value is -7.27. The molecule has 11 nitrogen and oxygen atoms in total. The second kappa shape index (κ2) is 10.6. The molecule has 0 spiro atoms. The van der Waals surface area contributed by atoms with E-state index in [1.54, 1.807) is 16.9 Å². The molecule has 2 N–H and O–H groups in total. The SMILES string of the molecule is O=C(O)c1cccc2c3nc4nc(nc5c6ccccc6c(nc6nc(nc([nH]3)c12)-c1ccccc1-6)n5Oc1ccccc1)-c1ccccc1-4. The summed E-state index contributed by atoms with van der Waals surface area (Å²) in [6.07, 6.45) is 0. The van der Waals surface area contributed by atoms with Gasteiger partial charge in [0, 0.05) is 43.8 Å². The van der Waals surface area contributed by atoms with Crippen LogP contribution in [-0.2, 0) is 0 Å². The van der Waals surface area contributed by atoms with Gasteiger partial charge in [0.1, 0.15) is 11.3 Å². The Labute approximate surface area is 282 Å². The van der Waals surface area contributed by atoms with Gasteiger partial charge in [-0.1, -0.05) is 103 Å². The number of benzene rings is 5. The number of carboxylic acids is 1. The molecule has 0 fully saturated rings. The van der Waals surface area contributed by atoms with Crippen molar-refractivity contribution in [3.63, 3.8) is 0 Å². The van der Waals surface area contributed by atoms with Crippen LogP contribution < -0.4 is 4.84 Å². The van der Waals surface area contributed by atoms with Crippen molar-refractivity contribution in [2.45, 2.75) is 0 Å². The van der Waals surface area contributed by atoms with Crippen LogP contribution in [-0.4, -0.2) is 50.7 Å². The molecule has 11 heteroatoms. The molecule has 8 bridgehead atoms. The number of carboxylic acid groups (broad SMARTS) is 1. The molecule has 0 unspecified atom stereocenters. The fourth-order valence-corrected chi connectivity index (χ4v) is 6.61. The standard InChI is InChI=1S/C39H22N8O3/c48-39(49)29-20-10-19-28-30(29)36-43-32-23-14-5-7-16-25(23)34(41-32)46-38-27-18-9-8-17-26(27)37(47(38)50-21-11-2-1-3-12-21)45-33-24-15-6-4-13-22(24)31(40-33)42-35(28)44-36/h1-20H,(H,48,49)(H,40,41,42,43,44,45,46). The quantitative estimate of drug-likeness (QED) is 0.195. The molecule has 2 aliphatic rings. The number of aromatic carboxylic acids is 1. The molecule has 3 aromatic heterocycles. The Morgan fingerprint density at radius 2 is 1.00 bits per heavy atom. The molecule has 50 heavy (non-hydrogen) atoms. The van der Waals surface area contributed by atoms with Crippen molar-refractivity contribution in [2.24, 2.45) is 0 Å². The maximum absolute atomic E-state index is 12.5. The van der Waals surface area contributed by atoms with Crippen LogP contribution in [0.3, 0.4) is 0 Å². The number of aromatic amines is 1. The number of carbonyl (C=O) groups is 1. The lowest BCUT2D eigenvalue weighted by Gasteiger charge is -2.07. The summed E-state index contributed by atoms with van der Waals surface area (Å²) in [6, 6.07) is 37.8. The average molecular weight is 651 g/mol. The van der Waals surface area contributed by atoms with Crippen molar-refractivity contribution in [3.8, 4) is 51.3 Å². The van der Waals surface area contributed by atoms with E-state index >= 15 is 0 Å². The monoisotopic (exact) mass is 650 g/mol. The number of H-pyrrole nitrogens is 1. The Bertz CT molecular complexity index is 2900. The fraction of sp³-hybridized carbons (Fsp3) is 0. The Morgan fingerprint density at radius 1 is 0.520 bits per heavy atom. The summed E-state index contributed by atoms with van der Waals surface area (Å²) in [4.78, 5) is 52.5. The van der Waals surface area contributed by atoms with Crippen LogP contribution in [0.4, 0.5) is 0 Å². The first-order valence-corrected chi connectivity index (χ1v) is 15.8. The molecule has 2 aliphatic heterocycles. The Balaban J connectivity index is 1.44. The summed E-state index contributed by atoms with van der Waals surface area (Å²) >= 11 is 0. The van der Waals surface area contributed by atoms with E-state index in [2.05, 4.69) is 4.98 Å². The van der Waals surface area contributed by atoms with Crippen LogP contribution in [0.5, 0.6) is 5.75 Å². The second-order valence-corrected chi connectivity index (χ2v) is 11.8. The summed E-state index contributed by atoms with van der Waals surface area (Å²) in [5.41, 5.74) is 4.84. The third kappa shape index (κ3) is 4.20. The topological polar surface area (TPSA) is 145 Å². The Kier molecular flexibility index (Phi) is 5.91. The van der Waals surface area contributed by atoms with E-state index in [1.807, 2.05) is 109 Å². The second-order valence-electron chi connectivity index (χ2n) is 11.8. The largest absolute Gasteiger partial charge is 0.478 e. The van der Waals surface area contributed by atoms with Crippen LogP contribution in [0.2, 0.25) is 0 Å². The smallest absolute Gasteiger partial charge is 0.336 e. The molecule has 0 aliphatic carbocycles. The van der Waals surface area contributed by atoms with Gasteiger partial charge in [-0.25, -0.2) is 34.7 Å². The highest BCUT2D eigenvalue weighted by Gasteiger charge is 2.24. The highest BCUT2D eigenvalue weighted by molar-refractivity contribution is 6.15. The molecule has 0 atom stereocenters. The van der Waals surface area contributed by atoms with Gasteiger partial charge in [-0.2, -0.15) is 0 Å². The number of nitrogens with zero attached hydrogens (tertiary/aromatic N) is 7. The van der Waals surface area contributed by atoms with Crippen LogP contribution >= 0.6 is 0 Å². The van der Waals surface area contributed by atoms with Crippen molar-refractivity contribution in [2.75, 3.05) is 0 Å². The minimum Gasteiger partial charge on any atom is -0.478 e. The van der Waals surface area contributed by atoms with Crippen LogP contribution in [0.1, 0.15) is 10.4 Å². The Morgan fingerprint density at radius 3 is 1.56 bits per heavy atom. The van der Waals surface area contributed by atoms with Gasteiger partial charge in [0.25, 0.3) is 0 Å². The zero-order valence-corrected chi connectivity index (χ0v) is 25.9. The van der Waals surface area contributed by atoms with E-state index in [4.69, 9.17) is 34.7 Å². The predicted molar refractivity (Wildman–Crippen MR) is 189 cm³/mol. The maximum Gasteiger partial charge on any atom is 0.336 e. The lowest BCUT2D eigenvalue weighted by Crippen LogP contribution is -2.06. The van der Waals surface area contributed by atoms with Crippen LogP contribution in [0.25, 0.3) is 89.7 Å². The zero-order valence-electron chi connectivity index (χ0n) is 25.9. The van der Waals surface area contributed by atoms with E-state index in [0.29, 0.717) is 62.4 Å². The molecular formula is C39H22N8O3. The molecule has 236 valence electrons. The third-order valence-corrected chi connectivity index (χ3v) is 8.86. The number of hydrogen-bond acceptors (Lipinski definition) is 8. The average Bonchev–Trinajstić information content (AvgIpc) is 3.87. The van der Waals surface area contributed by atoms with Gasteiger partial charge in [0.05, 0.1) is 5.56 Å². The summed E-state index contributed by atoms with van der Waals surface area (Å²) in [5, 5.41) is 12.8. The minimum absolute atomic E-state index is 0.0863. The fourth-order valence-electron chi connectivity index (χ4n) is 6.61. The third-order valence-electron chi connectivity index (χ3n) is 8.86.